The van der Waals surface area contributed by atoms with Crippen molar-refractivity contribution in [3.8, 4) is 0 Å². The Morgan fingerprint density at radius 1 is 1.30 bits per heavy atom. The van der Waals surface area contributed by atoms with E-state index in [4.69, 9.17) is 9.52 Å². The number of carboxylic acids is 1. The van der Waals surface area contributed by atoms with E-state index in [1.54, 1.807) is 30.0 Å². The number of rotatable bonds is 6. The van der Waals surface area contributed by atoms with Crippen LogP contribution in [0.1, 0.15) is 27.4 Å². The van der Waals surface area contributed by atoms with Crippen LogP contribution < -0.4 is 5.32 Å². The predicted octanol–water partition coefficient (Wildman–Crippen LogP) is 3.76. The molecule has 2 N–H and O–H groups in total. The van der Waals surface area contributed by atoms with Crippen molar-refractivity contribution in [1.82, 2.24) is 0 Å². The summed E-state index contributed by atoms with van der Waals surface area (Å²) in [6.45, 7) is 2.47. The zero-order valence-electron chi connectivity index (χ0n) is 11.5. The highest BCUT2D eigenvalue weighted by atomic mass is 32.2. The number of hydrogen-bond donors (Lipinski definition) is 2. The van der Waals surface area contributed by atoms with E-state index in [-0.39, 0.29) is 0 Å². The third-order valence-electron chi connectivity index (χ3n) is 2.93. The molecule has 0 spiro atoms. The van der Waals surface area contributed by atoms with Crippen LogP contribution in [-0.2, 0) is 12.3 Å². The second kappa shape index (κ2) is 6.52. The average Bonchev–Trinajstić information content (AvgIpc) is 2.85. The Bertz CT molecular complexity index is 607. The van der Waals surface area contributed by atoms with Crippen molar-refractivity contribution in [1.29, 1.82) is 0 Å². The van der Waals surface area contributed by atoms with E-state index in [1.165, 1.54) is 0 Å². The molecule has 0 fully saturated rings. The number of thioether (sulfide) groups is 1. The Hall–Kier alpha value is -1.88. The van der Waals surface area contributed by atoms with Crippen molar-refractivity contribution in [3.63, 3.8) is 0 Å². The molecule has 0 bridgehead atoms. The van der Waals surface area contributed by atoms with E-state index in [1.807, 2.05) is 25.3 Å². The second-order valence-electron chi connectivity index (χ2n) is 4.49. The van der Waals surface area contributed by atoms with Crippen LogP contribution in [0.15, 0.2) is 34.7 Å². The fraction of sp³-hybridized carbons (Fsp3) is 0.267. The number of benzene rings is 1. The zero-order chi connectivity index (χ0) is 14.5. The van der Waals surface area contributed by atoms with Gasteiger partial charge in [-0.15, -0.1) is 0 Å². The van der Waals surface area contributed by atoms with Crippen LogP contribution in [0.3, 0.4) is 0 Å². The van der Waals surface area contributed by atoms with E-state index in [0.717, 1.165) is 28.5 Å². The number of nitrogens with one attached hydrogen (secondary N) is 1. The molecule has 0 saturated heterocycles. The van der Waals surface area contributed by atoms with Crippen molar-refractivity contribution in [2.45, 2.75) is 19.2 Å². The van der Waals surface area contributed by atoms with Gasteiger partial charge in [-0.05, 0) is 49.1 Å². The lowest BCUT2D eigenvalue weighted by molar-refractivity contribution is 0.0697. The van der Waals surface area contributed by atoms with E-state index in [9.17, 15) is 4.79 Å². The van der Waals surface area contributed by atoms with E-state index in [0.29, 0.717) is 12.1 Å². The minimum Gasteiger partial charge on any atom is -0.478 e. The van der Waals surface area contributed by atoms with E-state index in [2.05, 4.69) is 5.32 Å². The summed E-state index contributed by atoms with van der Waals surface area (Å²) in [5.41, 5.74) is 2.12. The molecule has 2 aromatic rings. The quantitative estimate of drug-likeness (QED) is 0.848. The molecular weight excluding hydrogens is 274 g/mol. The summed E-state index contributed by atoms with van der Waals surface area (Å²) in [7, 11) is 0. The van der Waals surface area contributed by atoms with Gasteiger partial charge in [0.05, 0.1) is 17.9 Å². The normalized spacial score (nSPS) is 10.5. The summed E-state index contributed by atoms with van der Waals surface area (Å²) in [5.74, 6) is 1.79. The van der Waals surface area contributed by atoms with Crippen LogP contribution in [0.2, 0.25) is 0 Å². The minimum absolute atomic E-state index is 0.299. The summed E-state index contributed by atoms with van der Waals surface area (Å²) in [6.07, 6.45) is 2.04. The maximum absolute atomic E-state index is 10.9. The molecule has 1 aromatic carbocycles. The van der Waals surface area contributed by atoms with E-state index >= 15 is 0 Å². The van der Waals surface area contributed by atoms with Gasteiger partial charge in [0.25, 0.3) is 0 Å². The molecule has 0 amide bonds. The molecule has 1 aromatic heterocycles. The average molecular weight is 291 g/mol. The highest BCUT2D eigenvalue weighted by Crippen LogP contribution is 2.19. The van der Waals surface area contributed by atoms with Crippen LogP contribution in [-0.4, -0.2) is 17.3 Å². The van der Waals surface area contributed by atoms with Gasteiger partial charge in [0, 0.05) is 5.69 Å². The molecule has 0 radical (unpaired) electrons. The van der Waals surface area contributed by atoms with Crippen LogP contribution >= 0.6 is 11.8 Å². The summed E-state index contributed by atoms with van der Waals surface area (Å²) >= 11 is 1.72. The van der Waals surface area contributed by atoms with Crippen LogP contribution in [0.25, 0.3) is 0 Å². The SMILES string of the molecule is CSCc1ccc(CNc2ccc(C(=O)O)cc2C)o1. The van der Waals surface area contributed by atoms with Gasteiger partial charge in [-0.3, -0.25) is 0 Å². The van der Waals surface area contributed by atoms with Gasteiger partial charge in [-0.1, -0.05) is 0 Å². The first-order chi connectivity index (χ1) is 9.60. The molecule has 0 aliphatic rings. The molecule has 4 nitrogen and oxygen atoms in total. The number of hydrogen-bond acceptors (Lipinski definition) is 4. The van der Waals surface area contributed by atoms with Crippen molar-refractivity contribution in [3.05, 3.63) is 53.0 Å². The molecular formula is C15H17NO3S. The Labute approximate surface area is 122 Å². The number of aryl methyl sites for hydroxylation is 1. The summed E-state index contributed by atoms with van der Waals surface area (Å²) in [5, 5.41) is 12.2. The van der Waals surface area contributed by atoms with Crippen molar-refractivity contribution >= 4 is 23.4 Å². The van der Waals surface area contributed by atoms with E-state index < -0.39 is 5.97 Å². The Kier molecular flexibility index (Phi) is 4.74. The van der Waals surface area contributed by atoms with Gasteiger partial charge < -0.3 is 14.8 Å². The maximum atomic E-state index is 10.9. The van der Waals surface area contributed by atoms with Crippen LogP contribution in [0.5, 0.6) is 0 Å². The van der Waals surface area contributed by atoms with Crippen molar-refractivity contribution in [2.75, 3.05) is 11.6 Å². The Morgan fingerprint density at radius 2 is 2.05 bits per heavy atom. The molecule has 1 heterocycles. The van der Waals surface area contributed by atoms with Crippen molar-refractivity contribution < 1.29 is 14.3 Å². The number of carboxylic acid groups (broad SMARTS) is 1. The molecule has 0 atom stereocenters. The van der Waals surface area contributed by atoms with Crippen molar-refractivity contribution in [2.24, 2.45) is 0 Å². The molecule has 5 heteroatoms. The highest BCUT2D eigenvalue weighted by Gasteiger charge is 2.06. The standard InChI is InChI=1S/C15H17NO3S/c1-10-7-11(15(17)18)3-6-14(10)16-8-12-4-5-13(19-12)9-20-2/h3-7,16H,8-9H2,1-2H3,(H,17,18). The fourth-order valence-corrected chi connectivity index (χ4v) is 2.35. The van der Waals surface area contributed by atoms with Crippen LogP contribution in [0, 0.1) is 6.92 Å². The second-order valence-corrected chi connectivity index (χ2v) is 5.36. The largest absolute Gasteiger partial charge is 0.478 e. The molecule has 0 saturated carbocycles. The highest BCUT2D eigenvalue weighted by molar-refractivity contribution is 7.97. The zero-order valence-corrected chi connectivity index (χ0v) is 12.3. The number of aromatic carboxylic acids is 1. The Morgan fingerprint density at radius 3 is 2.70 bits per heavy atom. The smallest absolute Gasteiger partial charge is 0.335 e. The first-order valence-electron chi connectivity index (χ1n) is 6.24. The van der Waals surface area contributed by atoms with Crippen LogP contribution in [0.4, 0.5) is 5.69 Å². The summed E-state index contributed by atoms with van der Waals surface area (Å²) < 4.78 is 5.67. The first kappa shape index (κ1) is 14.5. The third-order valence-corrected chi connectivity index (χ3v) is 3.50. The molecule has 0 aliphatic heterocycles. The maximum Gasteiger partial charge on any atom is 0.335 e. The molecule has 106 valence electrons. The molecule has 2 rings (SSSR count). The predicted molar refractivity (Wildman–Crippen MR) is 81.4 cm³/mol. The van der Waals surface area contributed by atoms with Gasteiger partial charge in [0.1, 0.15) is 11.5 Å². The van der Waals surface area contributed by atoms with Gasteiger partial charge in [-0.25, -0.2) is 4.79 Å². The summed E-state index contributed by atoms with van der Waals surface area (Å²) in [6, 6.07) is 8.98. The molecule has 20 heavy (non-hydrogen) atoms. The lowest BCUT2D eigenvalue weighted by atomic mass is 10.1. The monoisotopic (exact) mass is 291 g/mol. The Balaban J connectivity index is 2.01. The van der Waals surface area contributed by atoms with Gasteiger partial charge >= 0.3 is 5.97 Å². The minimum atomic E-state index is -0.910. The van der Waals surface area contributed by atoms with Gasteiger partial charge in [0.15, 0.2) is 0 Å². The third kappa shape index (κ3) is 3.57. The lowest BCUT2D eigenvalue weighted by Crippen LogP contribution is -2.02. The summed E-state index contributed by atoms with van der Waals surface area (Å²) in [4.78, 5) is 10.9. The molecule has 0 aliphatic carbocycles. The number of carbonyl (C=O) groups is 1. The first-order valence-corrected chi connectivity index (χ1v) is 7.64. The van der Waals surface area contributed by atoms with Gasteiger partial charge in [0.2, 0.25) is 0 Å². The number of anilines is 1. The van der Waals surface area contributed by atoms with Gasteiger partial charge in [-0.2, -0.15) is 11.8 Å². The fourth-order valence-electron chi connectivity index (χ4n) is 1.91. The topological polar surface area (TPSA) is 62.5 Å². The lowest BCUT2D eigenvalue weighted by Gasteiger charge is -2.09. The molecule has 0 unspecified atom stereocenters. The number of furan rings is 1.